The molecule has 0 aliphatic rings. The van der Waals surface area contributed by atoms with Crippen LogP contribution < -0.4 is 0 Å². The van der Waals surface area contributed by atoms with Crippen LogP contribution in [0.4, 0.5) is 0 Å². The number of hydrogen-bond acceptors (Lipinski definition) is 2. The molecule has 0 amide bonds. The third-order valence-electron chi connectivity index (χ3n) is 3.16. The van der Waals surface area contributed by atoms with Gasteiger partial charge < -0.3 is 4.57 Å². The van der Waals surface area contributed by atoms with Gasteiger partial charge in [0, 0.05) is 24.3 Å². The van der Waals surface area contributed by atoms with Crippen molar-refractivity contribution in [3.05, 3.63) is 48.5 Å². The van der Waals surface area contributed by atoms with E-state index < -0.39 is 0 Å². The molecular weight excluding hydrogens is 226 g/mol. The number of imidazole rings is 1. The van der Waals surface area contributed by atoms with Gasteiger partial charge in [0.1, 0.15) is 12.1 Å². The van der Waals surface area contributed by atoms with Crippen molar-refractivity contribution in [1.82, 2.24) is 14.1 Å². The Morgan fingerprint density at radius 3 is 2.83 bits per heavy atom. The lowest BCUT2D eigenvalue weighted by atomic mass is 10.2. The maximum absolute atomic E-state index is 11.4. The van der Waals surface area contributed by atoms with Crippen LogP contribution in [-0.2, 0) is 6.54 Å². The monoisotopic (exact) mass is 239 g/mol. The van der Waals surface area contributed by atoms with Gasteiger partial charge in [-0.15, -0.1) is 0 Å². The van der Waals surface area contributed by atoms with Crippen molar-refractivity contribution in [3.8, 4) is 5.82 Å². The second-order valence-corrected chi connectivity index (χ2v) is 4.09. The molecule has 2 aromatic heterocycles. The van der Waals surface area contributed by atoms with Gasteiger partial charge in [-0.25, -0.2) is 4.98 Å². The van der Waals surface area contributed by atoms with Crippen LogP contribution in [0.25, 0.3) is 16.7 Å². The van der Waals surface area contributed by atoms with Crippen molar-refractivity contribution < 1.29 is 4.79 Å². The number of aryl methyl sites for hydroxylation is 1. The summed E-state index contributed by atoms with van der Waals surface area (Å²) in [6.45, 7) is 2.88. The second-order valence-electron chi connectivity index (χ2n) is 4.09. The smallest absolute Gasteiger partial charge is 0.154 e. The summed E-state index contributed by atoms with van der Waals surface area (Å²) in [6, 6.07) is 7.95. The number of carbonyl (C=O) groups is 1. The minimum atomic E-state index is 0.713. The van der Waals surface area contributed by atoms with E-state index in [1.165, 1.54) is 0 Å². The molecular formula is C14H13N3O. The SMILES string of the molecule is CCn1c(-n2ccnc2)c(C=O)c2ccccc21. The first-order valence-corrected chi connectivity index (χ1v) is 5.91. The highest BCUT2D eigenvalue weighted by molar-refractivity contribution is 6.01. The molecule has 0 fully saturated rings. The van der Waals surface area contributed by atoms with E-state index in [9.17, 15) is 4.79 Å². The van der Waals surface area contributed by atoms with Gasteiger partial charge >= 0.3 is 0 Å². The summed E-state index contributed by atoms with van der Waals surface area (Å²) in [6.07, 6.45) is 6.21. The van der Waals surface area contributed by atoms with Crippen molar-refractivity contribution in [2.75, 3.05) is 0 Å². The molecule has 0 spiro atoms. The van der Waals surface area contributed by atoms with Gasteiger partial charge in [-0.2, -0.15) is 0 Å². The zero-order valence-electron chi connectivity index (χ0n) is 10.1. The molecule has 0 aliphatic heterocycles. The summed E-state index contributed by atoms with van der Waals surface area (Å²) in [4.78, 5) is 15.5. The molecule has 3 aromatic rings. The van der Waals surface area contributed by atoms with E-state index in [2.05, 4.69) is 16.5 Å². The fourth-order valence-corrected chi connectivity index (χ4v) is 2.42. The number of aldehydes is 1. The summed E-state index contributed by atoms with van der Waals surface area (Å²) < 4.78 is 4.01. The quantitative estimate of drug-likeness (QED) is 0.659. The molecule has 0 radical (unpaired) electrons. The normalized spacial score (nSPS) is 10.9. The summed E-state index contributed by atoms with van der Waals surface area (Å²) >= 11 is 0. The third kappa shape index (κ3) is 1.39. The highest BCUT2D eigenvalue weighted by atomic mass is 16.1. The Bertz CT molecular complexity index is 695. The first-order valence-electron chi connectivity index (χ1n) is 5.91. The summed E-state index contributed by atoms with van der Waals surface area (Å²) in [5.74, 6) is 0.881. The fraction of sp³-hybridized carbons (Fsp3) is 0.143. The Labute approximate surface area is 104 Å². The highest BCUT2D eigenvalue weighted by Gasteiger charge is 2.16. The molecule has 0 N–H and O–H groups in total. The van der Waals surface area contributed by atoms with Crippen LogP contribution in [0.5, 0.6) is 0 Å². The maximum atomic E-state index is 11.4. The number of carbonyl (C=O) groups excluding carboxylic acids is 1. The van der Waals surface area contributed by atoms with E-state index in [1.807, 2.05) is 35.0 Å². The minimum Gasteiger partial charge on any atom is -0.327 e. The molecule has 1 aromatic carbocycles. The average Bonchev–Trinajstić information content (AvgIpc) is 3.03. The molecule has 4 nitrogen and oxygen atoms in total. The Kier molecular flexibility index (Phi) is 2.48. The maximum Gasteiger partial charge on any atom is 0.154 e. The first-order chi connectivity index (χ1) is 8.86. The first kappa shape index (κ1) is 10.8. The van der Waals surface area contributed by atoms with E-state index >= 15 is 0 Å². The molecule has 2 heterocycles. The second kappa shape index (κ2) is 4.14. The number of para-hydroxylation sites is 1. The van der Waals surface area contributed by atoms with E-state index in [1.54, 1.807) is 12.5 Å². The van der Waals surface area contributed by atoms with E-state index in [4.69, 9.17) is 0 Å². The van der Waals surface area contributed by atoms with Crippen LogP contribution in [-0.4, -0.2) is 20.4 Å². The average molecular weight is 239 g/mol. The van der Waals surface area contributed by atoms with Gasteiger partial charge in [0.05, 0.1) is 11.1 Å². The topological polar surface area (TPSA) is 39.8 Å². The number of hydrogen-bond donors (Lipinski definition) is 0. The number of rotatable bonds is 3. The summed E-state index contributed by atoms with van der Waals surface area (Å²) in [7, 11) is 0. The Morgan fingerprint density at radius 1 is 1.33 bits per heavy atom. The Balaban J connectivity index is 2.45. The van der Waals surface area contributed by atoms with Gasteiger partial charge in [0.15, 0.2) is 6.29 Å². The van der Waals surface area contributed by atoms with Crippen LogP contribution in [0.15, 0.2) is 43.0 Å². The zero-order chi connectivity index (χ0) is 12.5. The lowest BCUT2D eigenvalue weighted by molar-refractivity contribution is 0.112. The van der Waals surface area contributed by atoms with Crippen LogP contribution in [0, 0.1) is 0 Å². The molecule has 90 valence electrons. The third-order valence-corrected chi connectivity index (χ3v) is 3.16. The van der Waals surface area contributed by atoms with Crippen molar-refractivity contribution in [2.45, 2.75) is 13.5 Å². The molecule has 0 saturated carbocycles. The molecule has 0 saturated heterocycles. The summed E-state index contributed by atoms with van der Waals surface area (Å²) in [5.41, 5.74) is 1.79. The van der Waals surface area contributed by atoms with Crippen molar-refractivity contribution in [3.63, 3.8) is 0 Å². The minimum absolute atomic E-state index is 0.713. The lowest BCUT2D eigenvalue weighted by Crippen LogP contribution is -2.04. The molecule has 0 bridgehead atoms. The van der Waals surface area contributed by atoms with Crippen LogP contribution in [0.1, 0.15) is 17.3 Å². The van der Waals surface area contributed by atoms with Crippen LogP contribution >= 0.6 is 0 Å². The molecule has 0 aliphatic carbocycles. The van der Waals surface area contributed by atoms with Gasteiger partial charge in [-0.3, -0.25) is 9.36 Å². The predicted octanol–water partition coefficient (Wildman–Crippen LogP) is 2.66. The van der Waals surface area contributed by atoms with Crippen LogP contribution in [0.3, 0.4) is 0 Å². The van der Waals surface area contributed by atoms with Crippen molar-refractivity contribution >= 4 is 17.2 Å². The number of aromatic nitrogens is 3. The number of nitrogens with zero attached hydrogens (tertiary/aromatic N) is 3. The van der Waals surface area contributed by atoms with Crippen LogP contribution in [0.2, 0.25) is 0 Å². The highest BCUT2D eigenvalue weighted by Crippen LogP contribution is 2.27. The van der Waals surface area contributed by atoms with Gasteiger partial charge in [0.25, 0.3) is 0 Å². The van der Waals surface area contributed by atoms with Gasteiger partial charge in [-0.05, 0) is 13.0 Å². The van der Waals surface area contributed by atoms with Crippen molar-refractivity contribution in [2.24, 2.45) is 0 Å². The van der Waals surface area contributed by atoms with Gasteiger partial charge in [0.2, 0.25) is 0 Å². The number of benzene rings is 1. The van der Waals surface area contributed by atoms with E-state index in [0.29, 0.717) is 5.56 Å². The molecule has 3 rings (SSSR count). The standard InChI is InChI=1S/C14H13N3O/c1-2-17-13-6-4-3-5-11(13)12(9-18)14(17)16-8-7-15-10-16/h3-10H,2H2,1H3. The van der Waals surface area contributed by atoms with E-state index in [-0.39, 0.29) is 0 Å². The van der Waals surface area contributed by atoms with E-state index in [0.717, 1.165) is 29.6 Å². The van der Waals surface area contributed by atoms with Gasteiger partial charge in [-0.1, -0.05) is 18.2 Å². The Hall–Kier alpha value is -2.36. The predicted molar refractivity (Wildman–Crippen MR) is 70.1 cm³/mol. The molecule has 18 heavy (non-hydrogen) atoms. The summed E-state index contributed by atoms with van der Waals surface area (Å²) in [5, 5.41) is 0.984. The Morgan fingerprint density at radius 2 is 2.17 bits per heavy atom. The fourth-order valence-electron chi connectivity index (χ4n) is 2.42. The zero-order valence-corrected chi connectivity index (χ0v) is 10.1. The molecule has 0 unspecified atom stereocenters. The number of fused-ring (bicyclic) bond motifs is 1. The molecule has 4 heteroatoms. The van der Waals surface area contributed by atoms with Crippen molar-refractivity contribution in [1.29, 1.82) is 0 Å². The lowest BCUT2D eigenvalue weighted by Gasteiger charge is -2.08. The molecule has 0 atom stereocenters. The largest absolute Gasteiger partial charge is 0.327 e.